The van der Waals surface area contributed by atoms with Crippen molar-refractivity contribution >= 4 is 29.3 Å². The maximum atomic E-state index is 13.0. The molecular formula is C22H20ClFN2OS. The summed E-state index contributed by atoms with van der Waals surface area (Å²) < 4.78 is 20.9. The van der Waals surface area contributed by atoms with E-state index in [1.807, 2.05) is 54.7 Å². The van der Waals surface area contributed by atoms with Gasteiger partial charge in [-0.05, 0) is 41.5 Å². The number of halogens is 2. The number of aliphatic imine (C=N–C) groups is 1. The second-order valence-electron chi connectivity index (χ2n) is 6.65. The Morgan fingerprint density at radius 3 is 2.75 bits per heavy atom. The van der Waals surface area contributed by atoms with Gasteiger partial charge >= 0.3 is 0 Å². The van der Waals surface area contributed by atoms with Crippen LogP contribution in [0.2, 0.25) is 5.02 Å². The smallest absolute Gasteiger partial charge is 0.233 e. The highest BCUT2D eigenvalue weighted by molar-refractivity contribution is 7.98. The number of hydrogen-bond acceptors (Lipinski definition) is 3. The lowest BCUT2D eigenvalue weighted by molar-refractivity contribution is 0.323. The highest BCUT2D eigenvalue weighted by Crippen LogP contribution is 2.21. The molecule has 3 nitrogen and oxygen atoms in total. The number of nitrogens with zero attached hydrogens (tertiary/aromatic N) is 2. The lowest BCUT2D eigenvalue weighted by Gasteiger charge is -2.10. The van der Waals surface area contributed by atoms with E-state index in [4.69, 9.17) is 21.3 Å². The van der Waals surface area contributed by atoms with Gasteiger partial charge in [0.25, 0.3) is 0 Å². The molecule has 28 heavy (non-hydrogen) atoms. The lowest BCUT2D eigenvalue weighted by atomic mass is 10.2. The fourth-order valence-electron chi connectivity index (χ4n) is 3.09. The molecule has 4 rings (SSSR count). The minimum absolute atomic E-state index is 0.129. The maximum Gasteiger partial charge on any atom is 0.233 e. The monoisotopic (exact) mass is 414 g/mol. The number of rotatable bonds is 7. The Morgan fingerprint density at radius 1 is 1.11 bits per heavy atom. The van der Waals surface area contributed by atoms with Gasteiger partial charge in [-0.1, -0.05) is 41.9 Å². The zero-order chi connectivity index (χ0) is 19.3. The molecule has 3 aromatic rings. The summed E-state index contributed by atoms with van der Waals surface area (Å²) in [5, 5.41) is 0.756. The summed E-state index contributed by atoms with van der Waals surface area (Å²) in [6.45, 7) is 1.26. The molecule has 0 N–H and O–H groups in total. The fourth-order valence-corrected chi connectivity index (χ4v) is 4.27. The van der Waals surface area contributed by atoms with Gasteiger partial charge in [-0.25, -0.2) is 9.38 Å². The minimum Gasteiger partial charge on any atom is -0.474 e. The number of benzene rings is 2. The van der Waals surface area contributed by atoms with E-state index in [0.29, 0.717) is 19.0 Å². The SMILES string of the molecule is Fc1ccc(CSCC2COC(c3cccn3Cc3ccccc3Cl)=N2)cc1. The van der Waals surface area contributed by atoms with Crippen LogP contribution >= 0.6 is 23.4 Å². The Balaban J connectivity index is 1.37. The van der Waals surface area contributed by atoms with Crippen LogP contribution in [-0.2, 0) is 17.0 Å². The molecule has 1 unspecified atom stereocenters. The van der Waals surface area contributed by atoms with E-state index in [1.165, 1.54) is 12.1 Å². The maximum absolute atomic E-state index is 13.0. The number of aromatic nitrogens is 1. The number of ether oxygens (including phenoxy) is 1. The van der Waals surface area contributed by atoms with Crippen molar-refractivity contribution in [2.75, 3.05) is 12.4 Å². The summed E-state index contributed by atoms with van der Waals surface area (Å²) in [7, 11) is 0. The summed E-state index contributed by atoms with van der Waals surface area (Å²) in [5.74, 6) is 2.19. The first-order chi connectivity index (χ1) is 13.7. The second-order valence-corrected chi connectivity index (χ2v) is 8.09. The van der Waals surface area contributed by atoms with Crippen molar-refractivity contribution in [2.24, 2.45) is 4.99 Å². The highest BCUT2D eigenvalue weighted by Gasteiger charge is 2.22. The van der Waals surface area contributed by atoms with E-state index >= 15 is 0 Å². The number of hydrogen-bond donors (Lipinski definition) is 0. The largest absolute Gasteiger partial charge is 0.474 e. The molecule has 0 amide bonds. The average molecular weight is 415 g/mol. The first kappa shape index (κ1) is 19.1. The molecule has 0 saturated heterocycles. The van der Waals surface area contributed by atoms with Gasteiger partial charge in [0.2, 0.25) is 5.90 Å². The zero-order valence-electron chi connectivity index (χ0n) is 15.2. The Morgan fingerprint density at radius 2 is 1.93 bits per heavy atom. The molecule has 0 radical (unpaired) electrons. The van der Waals surface area contributed by atoms with Crippen LogP contribution in [-0.4, -0.2) is 28.9 Å². The van der Waals surface area contributed by atoms with Crippen molar-refractivity contribution in [1.29, 1.82) is 0 Å². The first-order valence-corrected chi connectivity index (χ1v) is 10.6. The van der Waals surface area contributed by atoms with E-state index in [9.17, 15) is 4.39 Å². The Hall–Kier alpha value is -2.24. The van der Waals surface area contributed by atoms with Crippen LogP contribution in [0.15, 0.2) is 71.9 Å². The van der Waals surface area contributed by atoms with Crippen LogP contribution in [0.1, 0.15) is 16.8 Å². The Bertz CT molecular complexity index is 971. The van der Waals surface area contributed by atoms with Crippen molar-refractivity contribution in [2.45, 2.75) is 18.3 Å². The molecule has 0 aliphatic carbocycles. The quantitative estimate of drug-likeness (QED) is 0.517. The minimum atomic E-state index is -0.202. The second kappa shape index (κ2) is 8.84. The van der Waals surface area contributed by atoms with Crippen LogP contribution in [0, 0.1) is 5.82 Å². The fraction of sp³-hybridized carbons (Fsp3) is 0.227. The highest BCUT2D eigenvalue weighted by atomic mass is 35.5. The molecule has 1 aromatic heterocycles. The molecule has 2 heterocycles. The summed E-state index contributed by atoms with van der Waals surface area (Å²) in [6, 6.07) is 18.6. The average Bonchev–Trinajstić information content (AvgIpc) is 3.34. The van der Waals surface area contributed by atoms with Crippen LogP contribution in [0.4, 0.5) is 4.39 Å². The lowest BCUT2D eigenvalue weighted by Crippen LogP contribution is -2.11. The van der Waals surface area contributed by atoms with Crippen LogP contribution < -0.4 is 0 Å². The third-order valence-corrected chi connectivity index (χ3v) is 6.08. The standard InChI is InChI=1S/C22H20ClFN2OS/c23-20-5-2-1-4-17(20)12-26-11-3-6-21(26)22-25-19(13-27-22)15-28-14-16-7-9-18(24)10-8-16/h1-11,19H,12-15H2. The third-order valence-electron chi connectivity index (χ3n) is 4.55. The predicted octanol–water partition coefficient (Wildman–Crippen LogP) is 5.41. The summed E-state index contributed by atoms with van der Waals surface area (Å²) in [5.41, 5.74) is 3.14. The van der Waals surface area contributed by atoms with Gasteiger partial charge in [0.15, 0.2) is 0 Å². The molecule has 1 aliphatic heterocycles. The van der Waals surface area contributed by atoms with Crippen molar-refractivity contribution in [1.82, 2.24) is 4.57 Å². The van der Waals surface area contributed by atoms with Crippen molar-refractivity contribution in [3.8, 4) is 0 Å². The zero-order valence-corrected chi connectivity index (χ0v) is 16.8. The summed E-state index contributed by atoms with van der Waals surface area (Å²) in [4.78, 5) is 4.76. The van der Waals surface area contributed by atoms with E-state index in [0.717, 1.165) is 33.3 Å². The molecule has 144 valence electrons. The van der Waals surface area contributed by atoms with E-state index in [2.05, 4.69) is 4.57 Å². The van der Waals surface area contributed by atoms with Gasteiger partial charge in [0, 0.05) is 29.3 Å². The van der Waals surface area contributed by atoms with E-state index in [-0.39, 0.29) is 11.9 Å². The van der Waals surface area contributed by atoms with Gasteiger partial charge in [-0.3, -0.25) is 0 Å². The van der Waals surface area contributed by atoms with Crippen LogP contribution in [0.5, 0.6) is 0 Å². The predicted molar refractivity (Wildman–Crippen MR) is 114 cm³/mol. The van der Waals surface area contributed by atoms with Gasteiger partial charge < -0.3 is 9.30 Å². The molecule has 6 heteroatoms. The molecule has 2 aromatic carbocycles. The van der Waals surface area contributed by atoms with Crippen molar-refractivity contribution < 1.29 is 9.13 Å². The van der Waals surface area contributed by atoms with Gasteiger partial charge in [0.05, 0.1) is 6.04 Å². The molecule has 1 atom stereocenters. The Labute approximate surface area is 173 Å². The van der Waals surface area contributed by atoms with Gasteiger partial charge in [-0.2, -0.15) is 11.8 Å². The molecule has 0 fully saturated rings. The van der Waals surface area contributed by atoms with Gasteiger partial charge in [0.1, 0.15) is 18.1 Å². The number of thioether (sulfide) groups is 1. The van der Waals surface area contributed by atoms with Crippen LogP contribution in [0.25, 0.3) is 0 Å². The normalized spacial score (nSPS) is 16.1. The topological polar surface area (TPSA) is 26.5 Å². The third kappa shape index (κ3) is 4.59. The van der Waals surface area contributed by atoms with Gasteiger partial charge in [-0.15, -0.1) is 0 Å². The Kier molecular flexibility index (Phi) is 6.03. The van der Waals surface area contributed by atoms with E-state index in [1.54, 1.807) is 11.8 Å². The van der Waals surface area contributed by atoms with Crippen molar-refractivity contribution in [3.63, 3.8) is 0 Å². The van der Waals surface area contributed by atoms with E-state index < -0.39 is 0 Å². The van der Waals surface area contributed by atoms with Crippen molar-refractivity contribution in [3.05, 3.63) is 94.5 Å². The first-order valence-electron chi connectivity index (χ1n) is 9.11. The molecule has 0 spiro atoms. The molecular weight excluding hydrogens is 395 g/mol. The molecule has 0 bridgehead atoms. The summed E-state index contributed by atoms with van der Waals surface area (Å²) in [6.07, 6.45) is 2.02. The molecule has 1 aliphatic rings. The molecule has 0 saturated carbocycles. The van der Waals surface area contributed by atoms with Crippen LogP contribution in [0.3, 0.4) is 0 Å². The summed E-state index contributed by atoms with van der Waals surface area (Å²) >= 11 is 8.08.